The summed E-state index contributed by atoms with van der Waals surface area (Å²) in [6.45, 7) is 7.87. The fourth-order valence-electron chi connectivity index (χ4n) is 8.47. The number of nitrogens with one attached hydrogen (secondary N) is 1. The Hall–Kier alpha value is -3.54. The van der Waals surface area contributed by atoms with E-state index in [-0.39, 0.29) is 31.1 Å². The Morgan fingerprint density at radius 2 is 1.79 bits per heavy atom. The van der Waals surface area contributed by atoms with E-state index in [9.17, 15) is 32.7 Å². The van der Waals surface area contributed by atoms with Gasteiger partial charge in [0.05, 0.1) is 0 Å². The maximum atomic E-state index is 15.2. The number of ether oxygens (including phenoxy) is 2. The van der Waals surface area contributed by atoms with Gasteiger partial charge in [-0.3, -0.25) is 4.79 Å². The number of amides is 1. The summed E-state index contributed by atoms with van der Waals surface area (Å²) in [7, 11) is 0. The van der Waals surface area contributed by atoms with Crippen molar-refractivity contribution in [1.29, 1.82) is 0 Å². The summed E-state index contributed by atoms with van der Waals surface area (Å²) in [5, 5.41) is 13.8. The van der Waals surface area contributed by atoms with E-state index in [4.69, 9.17) is 9.47 Å². The highest BCUT2D eigenvalue weighted by Crippen LogP contribution is 2.70. The van der Waals surface area contributed by atoms with Crippen LogP contribution in [0, 0.1) is 17.3 Å². The van der Waals surface area contributed by atoms with Gasteiger partial charge >= 0.3 is 24.2 Å². The lowest BCUT2D eigenvalue weighted by atomic mass is 9.50. The van der Waals surface area contributed by atoms with Crippen molar-refractivity contribution < 1.29 is 50.9 Å². The Morgan fingerprint density at radius 1 is 1.11 bits per heavy atom. The molecule has 256 valence electrons. The number of halogens is 5. The van der Waals surface area contributed by atoms with E-state index in [1.165, 1.54) is 19.9 Å². The first-order chi connectivity index (χ1) is 21.9. The third-order valence-electron chi connectivity index (χ3n) is 10.9. The van der Waals surface area contributed by atoms with Gasteiger partial charge in [-0.1, -0.05) is 49.4 Å². The number of carbonyl (C=O) groups excluding carboxylic acids is 3. The molecule has 0 saturated heterocycles. The first-order valence-electron chi connectivity index (χ1n) is 15.9. The van der Waals surface area contributed by atoms with Crippen molar-refractivity contribution in [3.05, 3.63) is 70.8 Å². The number of allylic oxidation sites excluding steroid dienone is 4. The average Bonchev–Trinajstić information content (AvgIpc) is 3.30. The highest BCUT2D eigenvalue weighted by atomic mass is 19.4. The number of esters is 1. The van der Waals surface area contributed by atoms with Gasteiger partial charge < -0.3 is 19.9 Å². The molecule has 1 aromatic rings. The number of rotatable bonds is 8. The van der Waals surface area contributed by atoms with Crippen molar-refractivity contribution in [3.8, 4) is 0 Å². The SMILES string of the molecule is C=CCOC(=O)N[C@@H](C)C(=O)O[C@H](C)c1ccc([C@H]2C[C@@]3(C)[C@@H](CC[C@@]3(O)C(F)(F)C(F)(F)F)[C@@H]3CCC4=CC(=O)CCC4=C32)cc1. The summed E-state index contributed by atoms with van der Waals surface area (Å²) in [5.74, 6) is -7.53. The number of carbonyl (C=O) groups is 3. The molecule has 0 radical (unpaired) electrons. The molecular weight excluding hydrogens is 625 g/mol. The van der Waals surface area contributed by atoms with Gasteiger partial charge in [-0.05, 0) is 92.6 Å². The molecule has 0 bridgehead atoms. The normalized spacial score (nSPS) is 30.3. The molecule has 0 aromatic heterocycles. The first-order valence-corrected chi connectivity index (χ1v) is 15.9. The van der Waals surface area contributed by atoms with Crippen molar-refractivity contribution in [2.45, 2.75) is 101 Å². The average molecular weight is 666 g/mol. The second kappa shape index (κ2) is 12.5. The van der Waals surface area contributed by atoms with Crippen molar-refractivity contribution >= 4 is 17.8 Å². The Bertz CT molecular complexity index is 1500. The summed E-state index contributed by atoms with van der Waals surface area (Å²) >= 11 is 0. The quantitative estimate of drug-likeness (QED) is 0.170. The Balaban J connectivity index is 1.47. The lowest BCUT2D eigenvalue weighted by Gasteiger charge is -2.56. The molecule has 4 aliphatic rings. The lowest BCUT2D eigenvalue weighted by Crippen LogP contribution is -2.65. The van der Waals surface area contributed by atoms with Crippen LogP contribution in [0.4, 0.5) is 26.7 Å². The van der Waals surface area contributed by atoms with Crippen LogP contribution in [0.1, 0.15) is 88.9 Å². The second-order valence-corrected chi connectivity index (χ2v) is 13.5. The molecule has 47 heavy (non-hydrogen) atoms. The molecule has 2 fully saturated rings. The van der Waals surface area contributed by atoms with Gasteiger partial charge in [0.2, 0.25) is 0 Å². The van der Waals surface area contributed by atoms with Crippen molar-refractivity contribution in [2.75, 3.05) is 6.61 Å². The molecule has 7 nitrogen and oxygen atoms in total. The maximum absolute atomic E-state index is 15.2. The van der Waals surface area contributed by atoms with E-state index in [0.717, 1.165) is 16.7 Å². The minimum absolute atomic E-state index is 0.00567. The Labute approximate surface area is 270 Å². The molecule has 0 unspecified atom stereocenters. The van der Waals surface area contributed by atoms with Gasteiger partial charge in [-0.25, -0.2) is 9.59 Å². The minimum atomic E-state index is -5.92. The summed E-state index contributed by atoms with van der Waals surface area (Å²) in [5.41, 5.74) is -0.953. The smallest absolute Gasteiger partial charge is 0.456 e. The van der Waals surface area contributed by atoms with Gasteiger partial charge in [0.1, 0.15) is 24.4 Å². The number of ketones is 1. The van der Waals surface area contributed by atoms with E-state index in [1.807, 2.05) is 0 Å². The predicted molar refractivity (Wildman–Crippen MR) is 161 cm³/mol. The molecule has 0 spiro atoms. The van der Waals surface area contributed by atoms with Crippen molar-refractivity contribution in [3.63, 3.8) is 0 Å². The van der Waals surface area contributed by atoms with Gasteiger partial charge in [0, 0.05) is 17.8 Å². The van der Waals surface area contributed by atoms with Crippen LogP contribution < -0.4 is 5.32 Å². The summed E-state index contributed by atoms with van der Waals surface area (Å²) < 4.78 is 82.2. The van der Waals surface area contributed by atoms with Crippen LogP contribution in [0.5, 0.6) is 0 Å². The topological polar surface area (TPSA) is 102 Å². The van der Waals surface area contributed by atoms with E-state index in [0.29, 0.717) is 36.8 Å². The maximum Gasteiger partial charge on any atom is 0.456 e. The first kappa shape index (κ1) is 34.8. The number of alkyl halides is 5. The van der Waals surface area contributed by atoms with Crippen LogP contribution in [-0.4, -0.2) is 53.3 Å². The molecule has 12 heteroatoms. The van der Waals surface area contributed by atoms with Gasteiger partial charge in [0.15, 0.2) is 5.78 Å². The molecule has 0 heterocycles. The molecule has 2 N–H and O–H groups in total. The van der Waals surface area contributed by atoms with Gasteiger partial charge in [0.25, 0.3) is 0 Å². The van der Waals surface area contributed by atoms with Crippen LogP contribution >= 0.6 is 0 Å². The summed E-state index contributed by atoms with van der Waals surface area (Å²) in [6.07, 6.45) is -3.47. The molecular formula is C35H40F5NO6. The number of aliphatic hydroxyl groups is 1. The Kier molecular flexibility index (Phi) is 9.24. The van der Waals surface area contributed by atoms with E-state index < -0.39 is 65.6 Å². The van der Waals surface area contributed by atoms with Crippen molar-refractivity contribution in [2.24, 2.45) is 17.3 Å². The fraction of sp³-hybridized carbons (Fsp3) is 0.571. The van der Waals surface area contributed by atoms with E-state index in [2.05, 4.69) is 11.9 Å². The fourth-order valence-corrected chi connectivity index (χ4v) is 8.47. The minimum Gasteiger partial charge on any atom is -0.456 e. The largest absolute Gasteiger partial charge is 0.456 e. The third-order valence-corrected chi connectivity index (χ3v) is 10.9. The lowest BCUT2D eigenvalue weighted by molar-refractivity contribution is -0.362. The number of hydrogen-bond acceptors (Lipinski definition) is 6. The predicted octanol–water partition coefficient (Wildman–Crippen LogP) is 7.42. The van der Waals surface area contributed by atoms with Crippen LogP contribution in [0.3, 0.4) is 0 Å². The zero-order chi connectivity index (χ0) is 34.5. The molecule has 5 rings (SSSR count). The molecule has 1 amide bonds. The third kappa shape index (κ3) is 5.91. The Morgan fingerprint density at radius 3 is 2.43 bits per heavy atom. The van der Waals surface area contributed by atoms with Crippen LogP contribution in [0.15, 0.2) is 59.7 Å². The van der Waals surface area contributed by atoms with E-state index >= 15 is 8.78 Å². The summed E-state index contributed by atoms with van der Waals surface area (Å²) in [4.78, 5) is 36.7. The standard InChI is InChI=1S/C35H40F5NO6/c1-5-16-46-31(44)41-19(2)30(43)47-20(3)21-6-8-22(9-7-21)27-18-32(4)28(14-15-33(32,45)34(36,37)35(38,39)40)26-12-10-23-17-24(42)11-13-25(23)29(26)27/h5-9,17,19-20,26-28,45H,1,10-16,18H2,2-4H3,(H,41,44)/t19-,20+,26-,27+,28-,32-,33-/m0/s1. The molecule has 0 aliphatic heterocycles. The van der Waals surface area contributed by atoms with E-state index in [1.54, 1.807) is 37.3 Å². The van der Waals surface area contributed by atoms with Crippen molar-refractivity contribution in [1.82, 2.24) is 5.32 Å². The number of alkyl carbamates (subject to hydrolysis) is 1. The van der Waals surface area contributed by atoms with Gasteiger partial charge in [-0.2, -0.15) is 22.0 Å². The molecule has 4 aliphatic carbocycles. The second-order valence-electron chi connectivity index (χ2n) is 13.5. The number of hydrogen-bond donors (Lipinski definition) is 2. The highest BCUT2D eigenvalue weighted by Gasteiger charge is 2.79. The molecule has 2 saturated carbocycles. The van der Waals surface area contributed by atoms with Crippen LogP contribution in [0.25, 0.3) is 0 Å². The van der Waals surface area contributed by atoms with Gasteiger partial charge in [-0.15, -0.1) is 0 Å². The van der Waals surface area contributed by atoms with Crippen LogP contribution in [0.2, 0.25) is 0 Å². The zero-order valence-electron chi connectivity index (χ0n) is 26.6. The number of fused-ring (bicyclic) bond motifs is 4. The zero-order valence-corrected chi connectivity index (χ0v) is 26.6. The molecule has 1 aromatic carbocycles. The highest BCUT2D eigenvalue weighted by molar-refractivity contribution is 5.93. The summed E-state index contributed by atoms with van der Waals surface area (Å²) in [6, 6.07) is 5.89. The monoisotopic (exact) mass is 665 g/mol. The molecule has 7 atom stereocenters. The van der Waals surface area contributed by atoms with Crippen LogP contribution in [-0.2, 0) is 19.1 Å². The number of benzene rings is 1.